The Bertz CT molecular complexity index is 1120. The lowest BCUT2D eigenvalue weighted by atomic mass is 9.82. The highest BCUT2D eigenvalue weighted by atomic mass is 16.5. The van der Waals surface area contributed by atoms with Crippen molar-refractivity contribution in [3.8, 4) is 11.4 Å². The van der Waals surface area contributed by atoms with Crippen molar-refractivity contribution >= 4 is 17.6 Å². The van der Waals surface area contributed by atoms with Gasteiger partial charge < -0.3 is 14.9 Å². The lowest BCUT2D eigenvalue weighted by Gasteiger charge is -2.23. The predicted octanol–water partition coefficient (Wildman–Crippen LogP) is 5.64. The Labute approximate surface area is 193 Å². The van der Waals surface area contributed by atoms with E-state index in [-0.39, 0.29) is 23.2 Å². The molecule has 33 heavy (non-hydrogen) atoms. The smallest absolute Gasteiger partial charge is 0.306 e. The molecule has 1 saturated carbocycles. The molecule has 1 amide bonds. The molecule has 2 N–H and O–H groups in total. The van der Waals surface area contributed by atoms with Gasteiger partial charge in [0, 0.05) is 22.7 Å². The number of hydrogen-bond donors (Lipinski definition) is 2. The van der Waals surface area contributed by atoms with E-state index in [4.69, 9.17) is 9.63 Å². The molecule has 4 rings (SSSR count). The van der Waals surface area contributed by atoms with E-state index in [1.165, 1.54) is 5.56 Å². The minimum absolute atomic E-state index is 0.0394. The fourth-order valence-corrected chi connectivity index (χ4v) is 4.13. The maximum atomic E-state index is 12.6. The van der Waals surface area contributed by atoms with Crippen LogP contribution in [0.5, 0.6) is 0 Å². The van der Waals surface area contributed by atoms with Crippen molar-refractivity contribution in [3.05, 3.63) is 65.5 Å². The lowest BCUT2D eigenvalue weighted by molar-refractivity contribution is -0.142. The molecule has 1 fully saturated rings. The van der Waals surface area contributed by atoms with E-state index in [1.807, 2.05) is 48.5 Å². The molecule has 0 bridgehead atoms. The van der Waals surface area contributed by atoms with Crippen LogP contribution in [0, 0.1) is 5.92 Å². The molecule has 172 valence electrons. The second-order valence-electron chi connectivity index (χ2n) is 9.70. The summed E-state index contributed by atoms with van der Waals surface area (Å²) in [5, 5.41) is 16.2. The van der Waals surface area contributed by atoms with Gasteiger partial charge in [-0.2, -0.15) is 4.98 Å². The number of anilines is 1. The second kappa shape index (κ2) is 9.17. The highest BCUT2D eigenvalue weighted by molar-refractivity contribution is 6.04. The summed E-state index contributed by atoms with van der Waals surface area (Å²) >= 11 is 0. The summed E-state index contributed by atoms with van der Waals surface area (Å²) < 4.78 is 5.46. The van der Waals surface area contributed by atoms with E-state index in [0.717, 1.165) is 18.4 Å². The summed E-state index contributed by atoms with van der Waals surface area (Å²) in [6.45, 7) is 6.42. The van der Waals surface area contributed by atoms with Gasteiger partial charge in [0.2, 0.25) is 11.7 Å². The first-order valence-electron chi connectivity index (χ1n) is 11.3. The van der Waals surface area contributed by atoms with Gasteiger partial charge in [-0.05, 0) is 73.1 Å². The zero-order chi connectivity index (χ0) is 23.6. The van der Waals surface area contributed by atoms with Crippen LogP contribution >= 0.6 is 0 Å². The summed E-state index contributed by atoms with van der Waals surface area (Å²) in [6.07, 6.45) is 2.73. The SMILES string of the molecule is CC(C)(C)c1ccc(C(=O)Nc2ccc(-c3noc([C@H]4CC[C@H](C(=O)O)CC4)n3)cc2)cc1. The molecule has 1 aliphatic carbocycles. The number of carbonyl (C=O) groups is 2. The summed E-state index contributed by atoms with van der Waals surface area (Å²) in [4.78, 5) is 28.2. The fraction of sp³-hybridized carbons (Fsp3) is 0.385. The fourth-order valence-electron chi connectivity index (χ4n) is 4.13. The van der Waals surface area contributed by atoms with E-state index >= 15 is 0 Å². The van der Waals surface area contributed by atoms with Crippen LogP contribution in [0.1, 0.15) is 74.2 Å². The van der Waals surface area contributed by atoms with Gasteiger partial charge in [-0.15, -0.1) is 0 Å². The van der Waals surface area contributed by atoms with Crippen molar-refractivity contribution in [3.63, 3.8) is 0 Å². The van der Waals surface area contributed by atoms with Crippen LogP contribution < -0.4 is 5.32 Å². The Morgan fingerprint density at radius 1 is 0.970 bits per heavy atom. The largest absolute Gasteiger partial charge is 0.481 e. The minimum atomic E-state index is -0.728. The van der Waals surface area contributed by atoms with Crippen molar-refractivity contribution in [1.82, 2.24) is 10.1 Å². The topological polar surface area (TPSA) is 105 Å². The van der Waals surface area contributed by atoms with Crippen LogP contribution in [0.25, 0.3) is 11.4 Å². The lowest BCUT2D eigenvalue weighted by Crippen LogP contribution is -2.20. The Kier molecular flexibility index (Phi) is 6.31. The predicted molar refractivity (Wildman–Crippen MR) is 125 cm³/mol. The van der Waals surface area contributed by atoms with Crippen molar-refractivity contribution in [2.75, 3.05) is 5.32 Å². The third-order valence-electron chi connectivity index (χ3n) is 6.28. The van der Waals surface area contributed by atoms with Gasteiger partial charge in [0.05, 0.1) is 5.92 Å². The van der Waals surface area contributed by atoms with E-state index in [2.05, 4.69) is 36.2 Å². The molecule has 1 aromatic heterocycles. The average molecular weight is 448 g/mol. The summed E-state index contributed by atoms with van der Waals surface area (Å²) in [6, 6.07) is 15.0. The quantitative estimate of drug-likeness (QED) is 0.524. The molecule has 7 heteroatoms. The van der Waals surface area contributed by atoms with Gasteiger partial charge in [-0.3, -0.25) is 9.59 Å². The van der Waals surface area contributed by atoms with Crippen LogP contribution in [0.2, 0.25) is 0 Å². The number of carboxylic acids is 1. The van der Waals surface area contributed by atoms with Crippen molar-refractivity contribution in [2.24, 2.45) is 5.92 Å². The van der Waals surface area contributed by atoms with E-state index in [0.29, 0.717) is 35.8 Å². The molecule has 0 unspecified atom stereocenters. The zero-order valence-corrected chi connectivity index (χ0v) is 19.2. The molecular formula is C26H29N3O4. The Hall–Kier alpha value is -3.48. The summed E-state index contributed by atoms with van der Waals surface area (Å²) in [7, 11) is 0. The van der Waals surface area contributed by atoms with Crippen molar-refractivity contribution in [1.29, 1.82) is 0 Å². The monoisotopic (exact) mass is 447 g/mol. The van der Waals surface area contributed by atoms with Crippen LogP contribution in [0.3, 0.4) is 0 Å². The Balaban J connectivity index is 1.38. The van der Waals surface area contributed by atoms with Crippen LogP contribution in [-0.2, 0) is 10.2 Å². The third kappa shape index (κ3) is 5.30. The first kappa shape index (κ1) is 22.7. The van der Waals surface area contributed by atoms with Crippen LogP contribution in [-0.4, -0.2) is 27.1 Å². The Morgan fingerprint density at radius 3 is 2.18 bits per heavy atom. The molecule has 0 saturated heterocycles. The van der Waals surface area contributed by atoms with Gasteiger partial charge in [-0.1, -0.05) is 38.1 Å². The first-order valence-corrected chi connectivity index (χ1v) is 11.3. The summed E-state index contributed by atoms with van der Waals surface area (Å²) in [5.41, 5.74) is 3.29. The zero-order valence-electron chi connectivity index (χ0n) is 19.2. The average Bonchev–Trinajstić information content (AvgIpc) is 3.29. The molecule has 0 atom stereocenters. The standard InChI is InChI=1S/C26H29N3O4/c1-26(2,3)20-12-8-17(9-13-20)23(30)27-21-14-10-16(11-15-21)22-28-24(33-29-22)18-4-6-19(7-5-18)25(31)32/h8-15,18-19H,4-7H2,1-3H3,(H,27,30)(H,31,32)/t18-,19-. The van der Waals surface area contributed by atoms with Gasteiger partial charge in [0.1, 0.15) is 0 Å². The third-order valence-corrected chi connectivity index (χ3v) is 6.28. The van der Waals surface area contributed by atoms with Gasteiger partial charge in [0.15, 0.2) is 0 Å². The van der Waals surface area contributed by atoms with E-state index in [9.17, 15) is 9.59 Å². The number of amides is 1. The number of carboxylic acid groups (broad SMARTS) is 1. The maximum absolute atomic E-state index is 12.6. The van der Waals surface area contributed by atoms with E-state index < -0.39 is 5.97 Å². The maximum Gasteiger partial charge on any atom is 0.306 e. The molecule has 0 radical (unpaired) electrons. The number of rotatable bonds is 5. The number of hydrogen-bond acceptors (Lipinski definition) is 5. The highest BCUT2D eigenvalue weighted by Crippen LogP contribution is 2.35. The second-order valence-corrected chi connectivity index (χ2v) is 9.70. The molecule has 3 aromatic rings. The van der Waals surface area contributed by atoms with Gasteiger partial charge >= 0.3 is 5.97 Å². The number of carbonyl (C=O) groups excluding carboxylic acids is 1. The minimum Gasteiger partial charge on any atom is -0.481 e. The first-order chi connectivity index (χ1) is 15.7. The van der Waals surface area contributed by atoms with Gasteiger partial charge in [-0.25, -0.2) is 0 Å². The van der Waals surface area contributed by atoms with Crippen molar-refractivity contribution < 1.29 is 19.2 Å². The molecular weight excluding hydrogens is 418 g/mol. The van der Waals surface area contributed by atoms with Gasteiger partial charge in [0.25, 0.3) is 5.91 Å². The summed E-state index contributed by atoms with van der Waals surface area (Å²) in [5.74, 6) is -0.0189. The molecule has 0 spiro atoms. The van der Waals surface area contributed by atoms with Crippen LogP contribution in [0.4, 0.5) is 5.69 Å². The molecule has 7 nitrogen and oxygen atoms in total. The number of aromatic nitrogens is 2. The Morgan fingerprint density at radius 2 is 1.61 bits per heavy atom. The number of benzene rings is 2. The number of aliphatic carboxylic acids is 1. The van der Waals surface area contributed by atoms with Crippen LogP contribution in [0.15, 0.2) is 53.1 Å². The molecule has 0 aliphatic heterocycles. The van der Waals surface area contributed by atoms with Crippen molar-refractivity contribution in [2.45, 2.75) is 57.8 Å². The molecule has 2 aromatic carbocycles. The molecule has 1 aliphatic rings. The number of nitrogens with zero attached hydrogens (tertiary/aromatic N) is 2. The highest BCUT2D eigenvalue weighted by Gasteiger charge is 2.29. The molecule has 1 heterocycles. The van der Waals surface area contributed by atoms with E-state index in [1.54, 1.807) is 0 Å². The normalized spacial score (nSPS) is 18.6. The number of nitrogens with one attached hydrogen (secondary N) is 1.